The predicted molar refractivity (Wildman–Crippen MR) is 121 cm³/mol. The van der Waals surface area contributed by atoms with Crippen LogP contribution in [0.1, 0.15) is 74.6 Å². The number of nitrogens with zero attached hydrogens (tertiary/aromatic N) is 1. The molecule has 1 heterocycles. The van der Waals surface area contributed by atoms with Gasteiger partial charge in [-0.15, -0.1) is 0 Å². The number of rotatable bonds is 8. The highest BCUT2D eigenvalue weighted by Gasteiger charge is 2.28. The minimum Gasteiger partial charge on any atom is -0.491 e. The Bertz CT molecular complexity index is 692. The van der Waals surface area contributed by atoms with Crippen LogP contribution in [-0.4, -0.2) is 50.3 Å². The third-order valence-electron chi connectivity index (χ3n) is 7.17. The molecule has 1 aromatic rings. The lowest BCUT2D eigenvalue weighted by Gasteiger charge is -2.37. The minimum atomic E-state index is 0.256. The second-order valence-corrected chi connectivity index (χ2v) is 9.07. The topological polar surface area (TPSA) is 50.8 Å². The molecule has 1 atom stereocenters. The number of piperidine rings is 1. The Morgan fingerprint density at radius 3 is 2.43 bits per heavy atom. The third kappa shape index (κ3) is 5.76. The van der Waals surface area contributed by atoms with Crippen molar-refractivity contribution < 1.29 is 14.3 Å². The number of carbonyl (C=O) groups is 1. The van der Waals surface area contributed by atoms with Gasteiger partial charge in [-0.25, -0.2) is 0 Å². The van der Waals surface area contributed by atoms with Crippen LogP contribution in [0.2, 0.25) is 0 Å². The smallest absolute Gasteiger partial charge is 0.223 e. The number of hydrogen-bond donors (Lipinski definition) is 1. The third-order valence-corrected chi connectivity index (χ3v) is 7.17. The molecule has 1 aliphatic carbocycles. The molecule has 1 saturated carbocycles. The standard InChI is InChI=1S/C25H40N2O3/c1-18-19(2)24(30-17-16-29-4)11-10-23(18)20(3)27-14-12-22(13-15-27)26-25(28)21-8-6-5-7-9-21/h10-11,20-22H,5-9,12-17H2,1-4H3,(H,26,28). The number of nitrogens with one attached hydrogen (secondary N) is 1. The van der Waals surface area contributed by atoms with E-state index >= 15 is 0 Å². The minimum absolute atomic E-state index is 0.256. The fourth-order valence-corrected chi connectivity index (χ4v) is 4.97. The lowest BCUT2D eigenvalue weighted by atomic mass is 9.88. The average molecular weight is 417 g/mol. The largest absolute Gasteiger partial charge is 0.491 e. The maximum atomic E-state index is 12.6. The Morgan fingerprint density at radius 1 is 1.07 bits per heavy atom. The van der Waals surface area contributed by atoms with Gasteiger partial charge in [0.05, 0.1) is 6.61 Å². The summed E-state index contributed by atoms with van der Waals surface area (Å²) in [5, 5.41) is 3.35. The molecule has 0 aromatic heterocycles. The first-order valence-corrected chi connectivity index (χ1v) is 11.8. The summed E-state index contributed by atoms with van der Waals surface area (Å²) in [5.41, 5.74) is 3.89. The van der Waals surface area contributed by atoms with Crippen LogP contribution < -0.4 is 10.1 Å². The van der Waals surface area contributed by atoms with Gasteiger partial charge in [-0.1, -0.05) is 25.3 Å². The Balaban J connectivity index is 1.52. The summed E-state index contributed by atoms with van der Waals surface area (Å²) in [6, 6.07) is 5.02. The van der Waals surface area contributed by atoms with Crippen LogP contribution in [0, 0.1) is 19.8 Å². The van der Waals surface area contributed by atoms with Gasteiger partial charge in [0.15, 0.2) is 0 Å². The lowest BCUT2D eigenvalue weighted by Crippen LogP contribution is -2.47. The first-order chi connectivity index (χ1) is 14.5. The molecular weight excluding hydrogens is 376 g/mol. The molecule has 0 radical (unpaired) electrons. The van der Waals surface area contributed by atoms with E-state index in [9.17, 15) is 4.79 Å². The molecule has 30 heavy (non-hydrogen) atoms. The van der Waals surface area contributed by atoms with Crippen molar-refractivity contribution in [1.82, 2.24) is 10.2 Å². The summed E-state index contributed by atoms with van der Waals surface area (Å²) in [5.74, 6) is 1.51. The molecule has 1 unspecified atom stereocenters. The fraction of sp³-hybridized carbons (Fsp3) is 0.720. The zero-order valence-electron chi connectivity index (χ0n) is 19.3. The van der Waals surface area contributed by atoms with E-state index < -0.39 is 0 Å². The van der Waals surface area contributed by atoms with Crippen molar-refractivity contribution in [1.29, 1.82) is 0 Å². The van der Waals surface area contributed by atoms with E-state index in [1.54, 1.807) is 7.11 Å². The van der Waals surface area contributed by atoms with Crippen LogP contribution in [0.4, 0.5) is 0 Å². The molecule has 1 saturated heterocycles. The van der Waals surface area contributed by atoms with Gasteiger partial charge in [-0.2, -0.15) is 0 Å². The molecule has 2 fully saturated rings. The number of benzene rings is 1. The van der Waals surface area contributed by atoms with E-state index in [2.05, 4.69) is 43.1 Å². The Hall–Kier alpha value is -1.59. The van der Waals surface area contributed by atoms with Crippen molar-refractivity contribution >= 4 is 5.91 Å². The van der Waals surface area contributed by atoms with Crippen molar-refractivity contribution in [2.45, 2.75) is 77.8 Å². The molecule has 1 aliphatic heterocycles. The van der Waals surface area contributed by atoms with Gasteiger partial charge in [0.25, 0.3) is 0 Å². The van der Waals surface area contributed by atoms with Crippen molar-refractivity contribution in [3.8, 4) is 5.75 Å². The highest BCUT2D eigenvalue weighted by atomic mass is 16.5. The van der Waals surface area contributed by atoms with Crippen molar-refractivity contribution in [3.05, 3.63) is 28.8 Å². The van der Waals surface area contributed by atoms with Crippen LogP contribution in [0.3, 0.4) is 0 Å². The summed E-state index contributed by atoms with van der Waals surface area (Å²) < 4.78 is 10.9. The SMILES string of the molecule is COCCOc1ccc(C(C)N2CCC(NC(=O)C3CCCCC3)CC2)c(C)c1C. The zero-order valence-corrected chi connectivity index (χ0v) is 19.3. The van der Waals surface area contributed by atoms with Gasteiger partial charge in [0.1, 0.15) is 12.4 Å². The summed E-state index contributed by atoms with van der Waals surface area (Å²) in [6.45, 7) is 9.87. The summed E-state index contributed by atoms with van der Waals surface area (Å²) in [7, 11) is 1.69. The van der Waals surface area contributed by atoms with E-state index in [0.717, 1.165) is 44.5 Å². The van der Waals surface area contributed by atoms with Crippen LogP contribution in [0.15, 0.2) is 12.1 Å². The Morgan fingerprint density at radius 2 is 1.77 bits per heavy atom. The van der Waals surface area contributed by atoms with Crippen LogP contribution in [0.5, 0.6) is 5.75 Å². The van der Waals surface area contributed by atoms with E-state index in [4.69, 9.17) is 9.47 Å². The monoisotopic (exact) mass is 416 g/mol. The van der Waals surface area contributed by atoms with Gasteiger partial charge in [0.2, 0.25) is 5.91 Å². The predicted octanol–water partition coefficient (Wildman–Crippen LogP) is 4.55. The quantitative estimate of drug-likeness (QED) is 0.632. The number of amides is 1. The van der Waals surface area contributed by atoms with Gasteiger partial charge in [-0.05, 0) is 69.2 Å². The van der Waals surface area contributed by atoms with E-state index in [0.29, 0.717) is 31.2 Å². The number of likely N-dealkylation sites (tertiary alicyclic amines) is 1. The van der Waals surface area contributed by atoms with Gasteiger partial charge < -0.3 is 14.8 Å². The van der Waals surface area contributed by atoms with Crippen LogP contribution in [-0.2, 0) is 9.53 Å². The molecule has 1 aromatic carbocycles. The average Bonchev–Trinajstić information content (AvgIpc) is 2.77. The molecule has 0 spiro atoms. The number of methoxy groups -OCH3 is 1. The highest BCUT2D eigenvalue weighted by molar-refractivity contribution is 5.79. The summed E-state index contributed by atoms with van der Waals surface area (Å²) >= 11 is 0. The van der Waals surface area contributed by atoms with Crippen molar-refractivity contribution in [2.75, 3.05) is 33.4 Å². The zero-order chi connectivity index (χ0) is 21.5. The fourth-order valence-electron chi connectivity index (χ4n) is 4.97. The normalized spacial score (nSPS) is 20.1. The van der Waals surface area contributed by atoms with E-state index in [-0.39, 0.29) is 5.92 Å². The van der Waals surface area contributed by atoms with Crippen molar-refractivity contribution in [3.63, 3.8) is 0 Å². The van der Waals surface area contributed by atoms with Gasteiger partial charge in [0, 0.05) is 38.2 Å². The Labute approximate surface area is 182 Å². The number of carbonyl (C=O) groups excluding carboxylic acids is 1. The summed E-state index contributed by atoms with van der Waals surface area (Å²) in [4.78, 5) is 15.1. The second kappa shape index (κ2) is 11.1. The molecular formula is C25H40N2O3. The molecule has 5 heteroatoms. The van der Waals surface area contributed by atoms with E-state index in [1.807, 2.05) is 0 Å². The molecule has 3 rings (SSSR count). The molecule has 0 bridgehead atoms. The van der Waals surface area contributed by atoms with Gasteiger partial charge >= 0.3 is 0 Å². The van der Waals surface area contributed by atoms with Gasteiger partial charge in [-0.3, -0.25) is 9.69 Å². The maximum absolute atomic E-state index is 12.6. The first kappa shape index (κ1) is 23.1. The number of hydrogen-bond acceptors (Lipinski definition) is 4. The highest BCUT2D eigenvalue weighted by Crippen LogP contribution is 2.32. The maximum Gasteiger partial charge on any atom is 0.223 e. The molecule has 1 N–H and O–H groups in total. The molecule has 5 nitrogen and oxygen atoms in total. The Kier molecular flexibility index (Phi) is 8.58. The molecule has 1 amide bonds. The van der Waals surface area contributed by atoms with Crippen LogP contribution in [0.25, 0.3) is 0 Å². The second-order valence-electron chi connectivity index (χ2n) is 9.07. The van der Waals surface area contributed by atoms with Crippen molar-refractivity contribution in [2.24, 2.45) is 5.92 Å². The number of ether oxygens (including phenoxy) is 2. The molecule has 2 aliphatic rings. The first-order valence-electron chi connectivity index (χ1n) is 11.8. The van der Waals surface area contributed by atoms with E-state index in [1.165, 1.54) is 36.0 Å². The lowest BCUT2D eigenvalue weighted by molar-refractivity contribution is -0.127. The summed E-state index contributed by atoms with van der Waals surface area (Å²) in [6.07, 6.45) is 7.94. The van der Waals surface area contributed by atoms with Crippen LogP contribution >= 0.6 is 0 Å². The molecule has 168 valence electrons.